The molecule has 2 aromatic rings. The van der Waals surface area contributed by atoms with Crippen LogP contribution in [0.5, 0.6) is 0 Å². The average molecular weight is 436 g/mol. The zero-order valence-corrected chi connectivity index (χ0v) is 16.8. The number of amides is 2. The summed E-state index contributed by atoms with van der Waals surface area (Å²) in [5, 5.41) is 3.62. The van der Waals surface area contributed by atoms with Crippen molar-refractivity contribution in [1.29, 1.82) is 0 Å². The minimum Gasteiger partial charge on any atom is -0.339 e. The fourth-order valence-corrected chi connectivity index (χ4v) is 3.72. The lowest BCUT2D eigenvalue weighted by molar-refractivity contribution is -0.121. The molecule has 2 aromatic carbocycles. The molecule has 0 aliphatic carbocycles. The summed E-state index contributed by atoms with van der Waals surface area (Å²) in [6, 6.07) is 12.7. The minimum absolute atomic E-state index is 0.00993. The van der Waals surface area contributed by atoms with E-state index in [0.29, 0.717) is 36.5 Å². The second kappa shape index (κ2) is 8.23. The van der Waals surface area contributed by atoms with E-state index in [2.05, 4.69) is 21.2 Å². The quantitative estimate of drug-likeness (QED) is 0.745. The van der Waals surface area contributed by atoms with Gasteiger partial charge < -0.3 is 10.2 Å². The maximum Gasteiger partial charge on any atom is 0.253 e. The summed E-state index contributed by atoms with van der Waals surface area (Å²) in [6.07, 6.45) is 1.33. The molecule has 0 bridgehead atoms. The highest BCUT2D eigenvalue weighted by Gasteiger charge is 2.28. The number of rotatable bonds is 3. The summed E-state index contributed by atoms with van der Waals surface area (Å²) < 4.78 is 0.988. The zero-order valence-electron chi connectivity index (χ0n) is 14.5. The molecule has 1 aliphatic rings. The Morgan fingerprint density at radius 2 is 1.77 bits per heavy atom. The van der Waals surface area contributed by atoms with Gasteiger partial charge in [-0.2, -0.15) is 0 Å². The fraction of sp³-hybridized carbons (Fsp3) is 0.300. The summed E-state index contributed by atoms with van der Waals surface area (Å²) in [5.74, 6) is -0.0643. The summed E-state index contributed by atoms with van der Waals surface area (Å²) in [5.41, 5.74) is 2.48. The van der Waals surface area contributed by atoms with Gasteiger partial charge in [-0.25, -0.2) is 0 Å². The number of piperidine rings is 1. The van der Waals surface area contributed by atoms with Gasteiger partial charge in [-0.3, -0.25) is 9.59 Å². The molecule has 4 nitrogen and oxygen atoms in total. The van der Waals surface area contributed by atoms with E-state index < -0.39 is 0 Å². The number of halogens is 2. The molecule has 1 saturated heterocycles. The van der Waals surface area contributed by atoms with Crippen LogP contribution in [0.3, 0.4) is 0 Å². The molecule has 1 aliphatic heterocycles. The third kappa shape index (κ3) is 4.46. The van der Waals surface area contributed by atoms with Gasteiger partial charge in [0.15, 0.2) is 0 Å². The minimum atomic E-state index is -0.0766. The topological polar surface area (TPSA) is 49.4 Å². The number of hydrogen-bond acceptors (Lipinski definition) is 2. The molecule has 0 unspecified atom stereocenters. The first-order valence-electron chi connectivity index (χ1n) is 8.56. The molecule has 0 radical (unpaired) electrons. The first-order valence-corrected chi connectivity index (χ1v) is 9.73. The van der Waals surface area contributed by atoms with Gasteiger partial charge in [-0.15, -0.1) is 0 Å². The number of nitrogens with zero attached hydrogens (tertiary/aromatic N) is 1. The van der Waals surface area contributed by atoms with Crippen molar-refractivity contribution >= 4 is 45.0 Å². The van der Waals surface area contributed by atoms with Crippen molar-refractivity contribution in [2.75, 3.05) is 18.4 Å². The van der Waals surface area contributed by atoms with E-state index in [4.69, 9.17) is 11.6 Å². The highest BCUT2D eigenvalue weighted by molar-refractivity contribution is 9.10. The molecule has 6 heteroatoms. The van der Waals surface area contributed by atoms with Crippen LogP contribution < -0.4 is 5.32 Å². The molecule has 0 spiro atoms. The standard InChI is InChI=1S/C20H20BrClN2O2/c1-13-12-16(21)4-7-18(13)23-19(25)14-8-10-24(11-9-14)20(26)15-2-5-17(22)6-3-15/h2-7,12,14H,8-11H2,1H3,(H,23,25). The molecule has 0 atom stereocenters. The number of carbonyl (C=O) groups excluding carboxylic acids is 2. The van der Waals surface area contributed by atoms with E-state index in [9.17, 15) is 9.59 Å². The van der Waals surface area contributed by atoms with E-state index in [0.717, 1.165) is 15.7 Å². The second-order valence-corrected chi connectivity index (χ2v) is 7.87. The predicted molar refractivity (Wildman–Crippen MR) is 108 cm³/mol. The summed E-state index contributed by atoms with van der Waals surface area (Å²) >= 11 is 9.30. The van der Waals surface area contributed by atoms with Crippen LogP contribution in [0.4, 0.5) is 5.69 Å². The number of likely N-dealkylation sites (tertiary alicyclic amines) is 1. The molecule has 136 valence electrons. The lowest BCUT2D eigenvalue weighted by Gasteiger charge is -2.31. The Kier molecular flexibility index (Phi) is 5.99. The van der Waals surface area contributed by atoms with Crippen molar-refractivity contribution in [2.45, 2.75) is 19.8 Å². The molecular weight excluding hydrogens is 416 g/mol. The van der Waals surface area contributed by atoms with Gasteiger partial charge >= 0.3 is 0 Å². The number of aryl methyl sites for hydroxylation is 1. The van der Waals surface area contributed by atoms with Crippen LogP contribution in [0.1, 0.15) is 28.8 Å². The SMILES string of the molecule is Cc1cc(Br)ccc1NC(=O)C1CCN(C(=O)c2ccc(Cl)cc2)CC1. The summed E-state index contributed by atoms with van der Waals surface area (Å²) in [4.78, 5) is 26.9. The molecule has 1 fully saturated rings. The molecule has 26 heavy (non-hydrogen) atoms. The van der Waals surface area contributed by atoms with Crippen molar-refractivity contribution in [3.63, 3.8) is 0 Å². The van der Waals surface area contributed by atoms with Gasteiger partial charge in [-0.05, 0) is 67.8 Å². The Bertz CT molecular complexity index is 815. The van der Waals surface area contributed by atoms with Crippen LogP contribution in [0.2, 0.25) is 5.02 Å². The van der Waals surface area contributed by atoms with Gasteiger partial charge in [-0.1, -0.05) is 27.5 Å². The van der Waals surface area contributed by atoms with Crippen molar-refractivity contribution in [3.05, 3.63) is 63.1 Å². The highest BCUT2D eigenvalue weighted by Crippen LogP contribution is 2.24. The number of hydrogen-bond donors (Lipinski definition) is 1. The zero-order chi connectivity index (χ0) is 18.7. The second-order valence-electron chi connectivity index (χ2n) is 6.52. The maximum atomic E-state index is 12.5. The first kappa shape index (κ1) is 18.9. The molecular formula is C20H20BrClN2O2. The van der Waals surface area contributed by atoms with E-state index in [1.54, 1.807) is 29.2 Å². The van der Waals surface area contributed by atoms with Crippen LogP contribution in [-0.4, -0.2) is 29.8 Å². The first-order chi connectivity index (χ1) is 12.4. The Morgan fingerprint density at radius 3 is 2.38 bits per heavy atom. The van der Waals surface area contributed by atoms with Crippen LogP contribution in [0.25, 0.3) is 0 Å². The van der Waals surface area contributed by atoms with Crippen LogP contribution in [0, 0.1) is 12.8 Å². The van der Waals surface area contributed by atoms with E-state index >= 15 is 0 Å². The van der Waals surface area contributed by atoms with Crippen LogP contribution in [0.15, 0.2) is 46.9 Å². The molecule has 0 aromatic heterocycles. The largest absolute Gasteiger partial charge is 0.339 e. The number of anilines is 1. The molecule has 1 N–H and O–H groups in total. The summed E-state index contributed by atoms with van der Waals surface area (Å²) in [6.45, 7) is 3.13. The van der Waals surface area contributed by atoms with Crippen molar-refractivity contribution in [1.82, 2.24) is 4.90 Å². The monoisotopic (exact) mass is 434 g/mol. The van der Waals surface area contributed by atoms with Crippen molar-refractivity contribution in [3.8, 4) is 0 Å². The molecule has 3 rings (SSSR count). The predicted octanol–water partition coefficient (Wildman–Crippen LogP) is 4.90. The Hall–Kier alpha value is -1.85. The van der Waals surface area contributed by atoms with Crippen LogP contribution in [-0.2, 0) is 4.79 Å². The highest BCUT2D eigenvalue weighted by atomic mass is 79.9. The normalized spacial score (nSPS) is 15.0. The third-order valence-electron chi connectivity index (χ3n) is 4.69. The van der Waals surface area contributed by atoms with Gasteiger partial charge in [0.1, 0.15) is 0 Å². The third-order valence-corrected chi connectivity index (χ3v) is 5.44. The smallest absolute Gasteiger partial charge is 0.253 e. The van der Waals surface area contributed by atoms with Gasteiger partial charge in [0.05, 0.1) is 0 Å². The van der Waals surface area contributed by atoms with E-state index in [1.807, 2.05) is 25.1 Å². The van der Waals surface area contributed by atoms with E-state index in [-0.39, 0.29) is 17.7 Å². The Morgan fingerprint density at radius 1 is 1.12 bits per heavy atom. The number of carbonyl (C=O) groups is 2. The lowest BCUT2D eigenvalue weighted by Crippen LogP contribution is -2.41. The maximum absolute atomic E-state index is 12.5. The van der Waals surface area contributed by atoms with E-state index in [1.165, 1.54) is 0 Å². The lowest BCUT2D eigenvalue weighted by atomic mass is 9.95. The fourth-order valence-electron chi connectivity index (χ4n) is 3.12. The summed E-state index contributed by atoms with van der Waals surface area (Å²) in [7, 11) is 0. The number of nitrogens with one attached hydrogen (secondary N) is 1. The van der Waals surface area contributed by atoms with Gasteiger partial charge in [0, 0.05) is 39.8 Å². The Labute approximate surface area is 166 Å². The molecule has 2 amide bonds. The van der Waals surface area contributed by atoms with Crippen LogP contribution >= 0.6 is 27.5 Å². The van der Waals surface area contributed by atoms with Crippen molar-refractivity contribution < 1.29 is 9.59 Å². The molecule has 0 saturated carbocycles. The van der Waals surface area contributed by atoms with Gasteiger partial charge in [0.2, 0.25) is 5.91 Å². The Balaban J connectivity index is 1.56. The number of benzene rings is 2. The average Bonchev–Trinajstić information content (AvgIpc) is 2.64. The van der Waals surface area contributed by atoms with Crippen molar-refractivity contribution in [2.24, 2.45) is 5.92 Å². The van der Waals surface area contributed by atoms with Gasteiger partial charge in [0.25, 0.3) is 5.91 Å². The molecule has 1 heterocycles.